The lowest BCUT2D eigenvalue weighted by Crippen LogP contribution is -2.46. The predicted molar refractivity (Wildman–Crippen MR) is 138 cm³/mol. The largest absolute Gasteiger partial charge is 0.473 e. The Kier molecular flexibility index (Phi) is 9.34. The summed E-state index contributed by atoms with van der Waals surface area (Å²) < 4.78 is 5.48. The van der Waals surface area contributed by atoms with Crippen LogP contribution >= 0.6 is 0 Å². The van der Waals surface area contributed by atoms with E-state index in [1.54, 1.807) is 7.11 Å². The number of likely N-dealkylation sites (N-methyl/N-ethyl adjacent to an activating group) is 1. The molecule has 2 N–H and O–H groups in total. The van der Waals surface area contributed by atoms with Crippen LogP contribution in [0.2, 0.25) is 0 Å². The monoisotopic (exact) mass is 477 g/mol. The Hall–Kier alpha value is -3.75. The van der Waals surface area contributed by atoms with Crippen LogP contribution in [-0.2, 0) is 14.3 Å². The molecule has 0 radical (unpaired) electrons. The molecule has 1 aliphatic heterocycles. The number of ether oxygens (including phenoxy) is 1. The van der Waals surface area contributed by atoms with E-state index in [2.05, 4.69) is 77.4 Å². The molecule has 0 bridgehead atoms. The topological polar surface area (TPSA) is 103 Å². The quantitative estimate of drug-likeness (QED) is 0.518. The van der Waals surface area contributed by atoms with Crippen LogP contribution in [0.25, 0.3) is 22.4 Å². The van der Waals surface area contributed by atoms with Crippen molar-refractivity contribution in [1.82, 2.24) is 9.88 Å². The smallest absolute Gasteiger partial charge is 0.414 e. The number of hydrogen-bond donors (Lipinski definition) is 2. The Bertz CT molecular complexity index is 1160. The molecule has 3 aromatic rings. The Morgan fingerprint density at radius 2 is 1.60 bits per heavy atom. The molecular formula is C27H31N3O5. The zero-order valence-electron chi connectivity index (χ0n) is 20.1. The summed E-state index contributed by atoms with van der Waals surface area (Å²) in [5.74, 6) is -2.56. The van der Waals surface area contributed by atoms with Gasteiger partial charge >= 0.3 is 11.9 Å². The first-order valence-electron chi connectivity index (χ1n) is 11.5. The minimum absolute atomic E-state index is 0.559. The first kappa shape index (κ1) is 25.9. The highest BCUT2D eigenvalue weighted by Gasteiger charge is 2.19. The number of benzene rings is 2. The number of carboxylic acids is 2. The number of carbonyl (C=O) groups is 2. The van der Waals surface area contributed by atoms with Crippen molar-refractivity contribution in [2.45, 2.75) is 6.92 Å². The molecule has 0 atom stereocenters. The molecule has 0 unspecified atom stereocenters. The van der Waals surface area contributed by atoms with Crippen molar-refractivity contribution in [2.24, 2.45) is 0 Å². The van der Waals surface area contributed by atoms with E-state index in [-0.39, 0.29) is 0 Å². The molecule has 0 aliphatic carbocycles. The van der Waals surface area contributed by atoms with E-state index < -0.39 is 11.9 Å². The lowest BCUT2D eigenvalue weighted by atomic mass is 10.0. The van der Waals surface area contributed by atoms with Crippen LogP contribution in [0.5, 0.6) is 0 Å². The number of rotatable bonds is 6. The first-order chi connectivity index (χ1) is 16.9. The molecule has 35 heavy (non-hydrogen) atoms. The Labute approximate surface area is 205 Å². The van der Waals surface area contributed by atoms with E-state index in [4.69, 9.17) is 29.5 Å². The lowest BCUT2D eigenvalue weighted by molar-refractivity contribution is -0.159. The number of nitrogens with zero attached hydrogens (tertiary/aromatic N) is 3. The fourth-order valence-corrected chi connectivity index (χ4v) is 3.99. The van der Waals surface area contributed by atoms with Crippen LogP contribution in [0.3, 0.4) is 0 Å². The lowest BCUT2D eigenvalue weighted by Gasteiger charge is -2.35. The second-order valence-electron chi connectivity index (χ2n) is 8.09. The van der Waals surface area contributed by atoms with Gasteiger partial charge in [0.25, 0.3) is 0 Å². The number of aliphatic carboxylic acids is 2. The predicted octanol–water partition coefficient (Wildman–Crippen LogP) is 3.72. The van der Waals surface area contributed by atoms with Gasteiger partial charge in [0.05, 0.1) is 12.3 Å². The highest BCUT2D eigenvalue weighted by Crippen LogP contribution is 2.28. The van der Waals surface area contributed by atoms with Crippen molar-refractivity contribution in [1.29, 1.82) is 0 Å². The molecule has 1 aliphatic rings. The fraction of sp³-hybridized carbons (Fsp3) is 0.296. The molecule has 8 heteroatoms. The van der Waals surface area contributed by atoms with Crippen LogP contribution < -0.4 is 4.90 Å². The Morgan fingerprint density at radius 1 is 0.971 bits per heavy atom. The summed E-state index contributed by atoms with van der Waals surface area (Å²) >= 11 is 0. The second-order valence-corrected chi connectivity index (χ2v) is 8.09. The van der Waals surface area contributed by atoms with Crippen LogP contribution in [0.4, 0.5) is 5.82 Å². The van der Waals surface area contributed by atoms with Gasteiger partial charge in [-0.3, -0.25) is 0 Å². The van der Waals surface area contributed by atoms with Crippen molar-refractivity contribution >= 4 is 40.2 Å². The third kappa shape index (κ3) is 7.11. The van der Waals surface area contributed by atoms with Crippen molar-refractivity contribution in [3.63, 3.8) is 0 Å². The molecule has 0 spiro atoms. The summed E-state index contributed by atoms with van der Waals surface area (Å²) in [5.41, 5.74) is 3.28. The second kappa shape index (κ2) is 12.6. The van der Waals surface area contributed by atoms with E-state index in [9.17, 15) is 0 Å². The molecule has 2 aromatic carbocycles. The van der Waals surface area contributed by atoms with Gasteiger partial charge in [-0.1, -0.05) is 61.5 Å². The van der Waals surface area contributed by atoms with Crippen molar-refractivity contribution in [3.05, 3.63) is 71.9 Å². The number of carboxylic acid groups (broad SMARTS) is 2. The maximum atomic E-state index is 9.10. The summed E-state index contributed by atoms with van der Waals surface area (Å²) in [5, 5.41) is 17.2. The van der Waals surface area contributed by atoms with Crippen LogP contribution in [0.15, 0.2) is 60.7 Å². The number of piperazine rings is 1. The van der Waals surface area contributed by atoms with Crippen LogP contribution in [-0.4, -0.2) is 78.5 Å². The van der Waals surface area contributed by atoms with E-state index in [0.717, 1.165) is 49.8 Å². The zero-order chi connectivity index (χ0) is 25.2. The van der Waals surface area contributed by atoms with Crippen molar-refractivity contribution < 1.29 is 24.5 Å². The number of aromatic nitrogens is 1. The summed E-state index contributed by atoms with van der Waals surface area (Å²) in [7, 11) is 1.74. The zero-order valence-corrected chi connectivity index (χ0v) is 20.1. The van der Waals surface area contributed by atoms with Gasteiger partial charge in [-0.05, 0) is 35.2 Å². The summed E-state index contributed by atoms with van der Waals surface area (Å²) in [4.78, 5) is 28.2. The number of anilines is 1. The summed E-state index contributed by atoms with van der Waals surface area (Å²) in [6, 6.07) is 21.1. The van der Waals surface area contributed by atoms with Crippen molar-refractivity contribution in [2.75, 3.05) is 51.3 Å². The SMILES string of the molecule is CCN1CCN(c2nc(/C=C(/COC)c3ccccc3)cc3ccccc23)CC1.O=C(O)C(=O)O. The van der Waals surface area contributed by atoms with Gasteiger partial charge in [-0.25, -0.2) is 14.6 Å². The van der Waals surface area contributed by atoms with E-state index in [0.29, 0.717) is 6.61 Å². The van der Waals surface area contributed by atoms with Gasteiger partial charge in [0.15, 0.2) is 0 Å². The highest BCUT2D eigenvalue weighted by molar-refractivity contribution is 6.27. The number of methoxy groups -OCH3 is 1. The molecule has 0 amide bonds. The molecule has 1 saturated heterocycles. The molecule has 184 valence electrons. The Balaban J connectivity index is 0.000000509. The van der Waals surface area contributed by atoms with Crippen LogP contribution in [0, 0.1) is 0 Å². The van der Waals surface area contributed by atoms with Gasteiger partial charge in [0.2, 0.25) is 0 Å². The van der Waals surface area contributed by atoms with Gasteiger partial charge in [-0.2, -0.15) is 0 Å². The third-order valence-electron chi connectivity index (χ3n) is 5.81. The minimum Gasteiger partial charge on any atom is -0.473 e. The van der Waals surface area contributed by atoms with Crippen LogP contribution in [0.1, 0.15) is 18.2 Å². The van der Waals surface area contributed by atoms with Gasteiger partial charge in [0, 0.05) is 38.7 Å². The summed E-state index contributed by atoms with van der Waals surface area (Å²) in [6.45, 7) is 8.11. The Morgan fingerprint density at radius 3 is 2.20 bits per heavy atom. The minimum atomic E-state index is -1.82. The number of hydrogen-bond acceptors (Lipinski definition) is 6. The van der Waals surface area contributed by atoms with E-state index in [1.165, 1.54) is 16.3 Å². The molecular weight excluding hydrogens is 446 g/mol. The van der Waals surface area contributed by atoms with Gasteiger partial charge in [-0.15, -0.1) is 0 Å². The average Bonchev–Trinajstić information content (AvgIpc) is 2.89. The molecule has 4 rings (SSSR count). The average molecular weight is 478 g/mol. The first-order valence-corrected chi connectivity index (χ1v) is 11.5. The molecule has 8 nitrogen and oxygen atoms in total. The highest BCUT2D eigenvalue weighted by atomic mass is 16.5. The molecule has 1 aromatic heterocycles. The third-order valence-corrected chi connectivity index (χ3v) is 5.81. The molecule has 2 heterocycles. The standard InChI is InChI=1S/C25H29N3O.C2H2O4/c1-3-27-13-15-28(16-14-27)25-24-12-8-7-11-21(24)17-23(26-25)18-22(19-29-2)20-9-5-4-6-10-20;3-1(4)2(5)6/h4-12,17-18H,3,13-16,19H2,1-2H3;(H,3,4)(H,5,6)/b22-18-;. The molecule has 1 fully saturated rings. The van der Waals surface area contributed by atoms with E-state index in [1.807, 2.05) is 6.07 Å². The normalized spacial score (nSPS) is 14.3. The maximum Gasteiger partial charge on any atom is 0.414 e. The van der Waals surface area contributed by atoms with Gasteiger partial charge in [0.1, 0.15) is 5.82 Å². The fourth-order valence-electron chi connectivity index (χ4n) is 3.99. The maximum absolute atomic E-state index is 9.10. The number of fused-ring (bicyclic) bond motifs is 1. The molecule has 0 saturated carbocycles. The van der Waals surface area contributed by atoms with E-state index >= 15 is 0 Å². The van der Waals surface area contributed by atoms with Crippen molar-refractivity contribution in [3.8, 4) is 0 Å². The number of pyridine rings is 1. The summed E-state index contributed by atoms with van der Waals surface area (Å²) in [6.07, 6.45) is 2.16. The van der Waals surface area contributed by atoms with Gasteiger partial charge < -0.3 is 24.7 Å².